The van der Waals surface area contributed by atoms with Gasteiger partial charge in [0.15, 0.2) is 0 Å². The molecule has 1 fully saturated rings. The lowest BCUT2D eigenvalue weighted by Crippen LogP contribution is -2.42. The van der Waals surface area contributed by atoms with Gasteiger partial charge in [-0.25, -0.2) is 0 Å². The van der Waals surface area contributed by atoms with Crippen molar-refractivity contribution in [2.45, 2.75) is 13.1 Å². The summed E-state index contributed by atoms with van der Waals surface area (Å²) in [6, 6.07) is 5.68. The van der Waals surface area contributed by atoms with Crippen LogP contribution in [0.15, 0.2) is 24.4 Å². The molecule has 0 atom stereocenters. The second-order valence-electron chi connectivity index (χ2n) is 5.14. The van der Waals surface area contributed by atoms with Gasteiger partial charge < -0.3 is 19.9 Å². The van der Waals surface area contributed by atoms with E-state index in [0.29, 0.717) is 44.4 Å². The molecular weight excluding hydrogens is 290 g/mol. The molecule has 6 heteroatoms. The number of aromatic nitrogens is 1. The van der Waals surface area contributed by atoms with Crippen LogP contribution in [0.1, 0.15) is 5.56 Å². The molecule has 21 heavy (non-hydrogen) atoms. The van der Waals surface area contributed by atoms with Crippen LogP contribution in [0.25, 0.3) is 10.9 Å². The maximum absolute atomic E-state index is 12.4. The van der Waals surface area contributed by atoms with Gasteiger partial charge in [-0.3, -0.25) is 4.79 Å². The average Bonchev–Trinajstić information content (AvgIpc) is 2.85. The van der Waals surface area contributed by atoms with Gasteiger partial charge in [0.25, 0.3) is 0 Å². The molecule has 1 aliphatic heterocycles. The third kappa shape index (κ3) is 2.90. The van der Waals surface area contributed by atoms with Crippen LogP contribution in [0.4, 0.5) is 0 Å². The standard InChI is InChI=1S/C15H18ClN3O2/c16-12-1-2-13-11(8-17)9-19(14(13)7-12)10-15(20)18-3-5-21-6-4-18/h1-2,7,9H,3-6,8,10,17H2. The highest BCUT2D eigenvalue weighted by Gasteiger charge is 2.18. The van der Waals surface area contributed by atoms with E-state index in [1.807, 2.05) is 33.9 Å². The van der Waals surface area contributed by atoms with E-state index >= 15 is 0 Å². The predicted octanol–water partition coefficient (Wildman–Crippen LogP) is 1.61. The Kier molecular flexibility index (Phi) is 4.14. The number of benzene rings is 1. The zero-order chi connectivity index (χ0) is 14.8. The molecule has 0 saturated carbocycles. The highest BCUT2D eigenvalue weighted by molar-refractivity contribution is 6.31. The summed E-state index contributed by atoms with van der Waals surface area (Å²) in [7, 11) is 0. The van der Waals surface area contributed by atoms with Gasteiger partial charge in [-0.05, 0) is 17.7 Å². The van der Waals surface area contributed by atoms with E-state index in [0.717, 1.165) is 16.5 Å². The monoisotopic (exact) mass is 307 g/mol. The third-order valence-electron chi connectivity index (χ3n) is 3.82. The van der Waals surface area contributed by atoms with E-state index in [2.05, 4.69) is 0 Å². The fourth-order valence-corrected chi connectivity index (χ4v) is 2.86. The summed E-state index contributed by atoms with van der Waals surface area (Å²) in [4.78, 5) is 14.2. The van der Waals surface area contributed by atoms with Gasteiger partial charge in [0, 0.05) is 36.2 Å². The van der Waals surface area contributed by atoms with Crippen LogP contribution < -0.4 is 5.73 Å². The summed E-state index contributed by atoms with van der Waals surface area (Å²) in [5, 5.41) is 1.71. The third-order valence-corrected chi connectivity index (χ3v) is 4.05. The number of nitrogens with zero attached hydrogens (tertiary/aromatic N) is 2. The largest absolute Gasteiger partial charge is 0.378 e. The number of halogens is 1. The van der Waals surface area contributed by atoms with Crippen molar-refractivity contribution in [3.63, 3.8) is 0 Å². The van der Waals surface area contributed by atoms with Crippen molar-refractivity contribution >= 4 is 28.4 Å². The fraction of sp³-hybridized carbons (Fsp3) is 0.400. The Morgan fingerprint density at radius 3 is 2.81 bits per heavy atom. The van der Waals surface area contributed by atoms with E-state index in [4.69, 9.17) is 22.1 Å². The molecular formula is C15H18ClN3O2. The van der Waals surface area contributed by atoms with Gasteiger partial charge in [0.05, 0.1) is 18.7 Å². The Morgan fingerprint density at radius 1 is 1.33 bits per heavy atom. The van der Waals surface area contributed by atoms with Crippen molar-refractivity contribution in [3.05, 3.63) is 35.0 Å². The van der Waals surface area contributed by atoms with Crippen LogP contribution in [0, 0.1) is 0 Å². The van der Waals surface area contributed by atoms with Gasteiger partial charge >= 0.3 is 0 Å². The van der Waals surface area contributed by atoms with Crippen molar-refractivity contribution in [1.29, 1.82) is 0 Å². The summed E-state index contributed by atoms with van der Waals surface area (Å²) < 4.78 is 7.20. The van der Waals surface area contributed by atoms with Crippen LogP contribution in [-0.2, 0) is 22.6 Å². The summed E-state index contributed by atoms with van der Waals surface area (Å²) in [6.07, 6.45) is 1.94. The molecule has 2 heterocycles. The van der Waals surface area contributed by atoms with Crippen molar-refractivity contribution < 1.29 is 9.53 Å². The molecule has 0 spiro atoms. The van der Waals surface area contributed by atoms with Crippen LogP contribution >= 0.6 is 11.6 Å². The number of carbonyl (C=O) groups excluding carboxylic acids is 1. The number of morpholine rings is 1. The highest BCUT2D eigenvalue weighted by Crippen LogP contribution is 2.24. The highest BCUT2D eigenvalue weighted by atomic mass is 35.5. The van der Waals surface area contributed by atoms with Crippen LogP contribution in [0.2, 0.25) is 5.02 Å². The summed E-state index contributed by atoms with van der Waals surface area (Å²) >= 11 is 6.07. The quantitative estimate of drug-likeness (QED) is 0.937. The number of nitrogens with two attached hydrogens (primary N) is 1. The second-order valence-corrected chi connectivity index (χ2v) is 5.58. The molecule has 112 valence electrons. The minimum absolute atomic E-state index is 0.0961. The molecule has 1 saturated heterocycles. The number of rotatable bonds is 3. The molecule has 5 nitrogen and oxygen atoms in total. The first kappa shape index (κ1) is 14.4. The van der Waals surface area contributed by atoms with Crippen LogP contribution in [-0.4, -0.2) is 41.7 Å². The molecule has 0 aliphatic carbocycles. The smallest absolute Gasteiger partial charge is 0.242 e. The molecule has 3 rings (SSSR count). The molecule has 2 aromatic rings. The van der Waals surface area contributed by atoms with E-state index in [1.165, 1.54) is 0 Å². The van der Waals surface area contributed by atoms with E-state index < -0.39 is 0 Å². The molecule has 1 aliphatic rings. The number of carbonyl (C=O) groups is 1. The molecule has 1 amide bonds. The summed E-state index contributed by atoms with van der Waals surface area (Å²) in [5.74, 6) is 0.0961. The molecule has 1 aromatic heterocycles. The Morgan fingerprint density at radius 2 is 2.10 bits per heavy atom. The zero-order valence-electron chi connectivity index (χ0n) is 11.7. The fourth-order valence-electron chi connectivity index (χ4n) is 2.69. The minimum atomic E-state index is 0.0961. The number of hydrogen-bond acceptors (Lipinski definition) is 3. The molecule has 0 bridgehead atoms. The summed E-state index contributed by atoms with van der Waals surface area (Å²) in [5.41, 5.74) is 7.76. The Labute approximate surface area is 128 Å². The van der Waals surface area contributed by atoms with E-state index in [1.54, 1.807) is 0 Å². The first-order chi connectivity index (χ1) is 10.2. The molecule has 2 N–H and O–H groups in total. The zero-order valence-corrected chi connectivity index (χ0v) is 12.5. The normalized spacial score (nSPS) is 15.6. The van der Waals surface area contributed by atoms with Gasteiger partial charge in [-0.15, -0.1) is 0 Å². The molecule has 0 radical (unpaired) electrons. The topological polar surface area (TPSA) is 60.5 Å². The first-order valence-electron chi connectivity index (χ1n) is 7.02. The lowest BCUT2D eigenvalue weighted by molar-refractivity contribution is -0.135. The number of hydrogen-bond donors (Lipinski definition) is 1. The van der Waals surface area contributed by atoms with Gasteiger partial charge in [-0.1, -0.05) is 17.7 Å². The maximum atomic E-state index is 12.4. The predicted molar refractivity (Wildman–Crippen MR) is 82.2 cm³/mol. The van der Waals surface area contributed by atoms with Gasteiger partial charge in [0.1, 0.15) is 6.54 Å². The average molecular weight is 308 g/mol. The van der Waals surface area contributed by atoms with E-state index in [-0.39, 0.29) is 5.91 Å². The van der Waals surface area contributed by atoms with E-state index in [9.17, 15) is 4.79 Å². The van der Waals surface area contributed by atoms with Crippen LogP contribution in [0.3, 0.4) is 0 Å². The van der Waals surface area contributed by atoms with Crippen LogP contribution in [0.5, 0.6) is 0 Å². The first-order valence-corrected chi connectivity index (χ1v) is 7.39. The molecule has 1 aromatic carbocycles. The Hall–Kier alpha value is -1.56. The second kappa shape index (κ2) is 6.05. The van der Waals surface area contributed by atoms with Gasteiger partial charge in [0.2, 0.25) is 5.91 Å². The van der Waals surface area contributed by atoms with Crippen molar-refractivity contribution in [3.8, 4) is 0 Å². The lowest BCUT2D eigenvalue weighted by Gasteiger charge is -2.27. The number of fused-ring (bicyclic) bond motifs is 1. The minimum Gasteiger partial charge on any atom is -0.378 e. The lowest BCUT2D eigenvalue weighted by atomic mass is 10.2. The van der Waals surface area contributed by atoms with Crippen molar-refractivity contribution in [2.75, 3.05) is 26.3 Å². The maximum Gasteiger partial charge on any atom is 0.242 e. The van der Waals surface area contributed by atoms with Crippen molar-refractivity contribution in [2.24, 2.45) is 5.73 Å². The number of amides is 1. The van der Waals surface area contributed by atoms with Gasteiger partial charge in [-0.2, -0.15) is 0 Å². The SMILES string of the molecule is NCc1cn(CC(=O)N2CCOCC2)c2cc(Cl)ccc12. The molecule has 0 unspecified atom stereocenters. The number of ether oxygens (including phenoxy) is 1. The summed E-state index contributed by atoms with van der Waals surface area (Å²) in [6.45, 7) is 3.27. The Balaban J connectivity index is 1.89. The van der Waals surface area contributed by atoms with Crippen molar-refractivity contribution in [1.82, 2.24) is 9.47 Å². The Bertz CT molecular complexity index is 662.